The first kappa shape index (κ1) is 21.2. The third-order valence-corrected chi connectivity index (χ3v) is 4.26. The van der Waals surface area contributed by atoms with E-state index in [1.54, 1.807) is 7.11 Å². The molecule has 0 aromatic rings. The second kappa shape index (κ2) is 13.4. The van der Waals surface area contributed by atoms with E-state index < -0.39 is 0 Å². The number of methoxy groups -OCH3 is 1. The second-order valence-electron chi connectivity index (χ2n) is 6.77. The van der Waals surface area contributed by atoms with Gasteiger partial charge in [-0.25, -0.2) is 0 Å². The van der Waals surface area contributed by atoms with E-state index in [1.165, 1.54) is 12.8 Å². The molecule has 24 heavy (non-hydrogen) atoms. The molecule has 0 saturated carbocycles. The van der Waals surface area contributed by atoms with Crippen LogP contribution in [0.25, 0.3) is 0 Å². The Bertz CT molecular complexity index is 337. The molecule has 1 aliphatic heterocycles. The number of hydrogen-bond donors (Lipinski definition) is 2. The van der Waals surface area contributed by atoms with Crippen molar-refractivity contribution >= 4 is 5.96 Å². The van der Waals surface area contributed by atoms with Gasteiger partial charge < -0.3 is 20.1 Å². The van der Waals surface area contributed by atoms with E-state index in [2.05, 4.69) is 36.3 Å². The van der Waals surface area contributed by atoms with Crippen LogP contribution in [0, 0.1) is 5.92 Å². The fraction of sp³-hybridized carbons (Fsp3) is 0.944. The van der Waals surface area contributed by atoms with Gasteiger partial charge in [-0.1, -0.05) is 13.8 Å². The average molecular weight is 343 g/mol. The summed E-state index contributed by atoms with van der Waals surface area (Å²) in [6.07, 6.45) is 3.61. The lowest BCUT2D eigenvalue weighted by Gasteiger charge is -2.23. The summed E-state index contributed by atoms with van der Waals surface area (Å²) in [5, 5.41) is 6.68. The first-order valence-corrected chi connectivity index (χ1v) is 9.50. The van der Waals surface area contributed by atoms with Crippen molar-refractivity contribution in [1.82, 2.24) is 15.5 Å². The van der Waals surface area contributed by atoms with E-state index in [9.17, 15) is 0 Å². The summed E-state index contributed by atoms with van der Waals surface area (Å²) in [7, 11) is 1.76. The lowest BCUT2D eigenvalue weighted by molar-refractivity contribution is 0.128. The quantitative estimate of drug-likeness (QED) is 0.321. The molecule has 1 heterocycles. The Labute approximate surface area is 148 Å². The molecule has 1 unspecified atom stereocenters. The van der Waals surface area contributed by atoms with Crippen molar-refractivity contribution in [1.29, 1.82) is 0 Å². The van der Waals surface area contributed by atoms with Gasteiger partial charge in [-0.3, -0.25) is 9.89 Å². The normalized spacial score (nSPS) is 19.2. The number of rotatable bonds is 12. The molecule has 6 heteroatoms. The van der Waals surface area contributed by atoms with E-state index in [1.807, 2.05) is 0 Å². The Morgan fingerprint density at radius 2 is 2.08 bits per heavy atom. The molecular weight excluding hydrogens is 304 g/mol. The van der Waals surface area contributed by atoms with Gasteiger partial charge in [0.15, 0.2) is 5.96 Å². The van der Waals surface area contributed by atoms with Gasteiger partial charge in [0, 0.05) is 39.4 Å². The van der Waals surface area contributed by atoms with Crippen LogP contribution in [-0.2, 0) is 9.47 Å². The van der Waals surface area contributed by atoms with Crippen LogP contribution in [-0.4, -0.2) is 76.6 Å². The Kier molecular flexibility index (Phi) is 11.9. The Balaban J connectivity index is 2.28. The maximum Gasteiger partial charge on any atom is 0.191 e. The summed E-state index contributed by atoms with van der Waals surface area (Å²) < 4.78 is 10.8. The zero-order valence-electron chi connectivity index (χ0n) is 16.1. The van der Waals surface area contributed by atoms with Crippen molar-refractivity contribution < 1.29 is 9.47 Å². The Hall–Kier alpha value is -0.850. The van der Waals surface area contributed by atoms with Gasteiger partial charge in [0.25, 0.3) is 0 Å². The number of ether oxygens (including phenoxy) is 2. The SMILES string of the molecule is CCNC(=NCC1CCCN1CCOC)NCCOCCC(C)C. The smallest absolute Gasteiger partial charge is 0.191 e. The van der Waals surface area contributed by atoms with Crippen LogP contribution in [0.1, 0.15) is 40.0 Å². The predicted octanol–water partition coefficient (Wildman–Crippen LogP) is 1.72. The molecule has 1 aliphatic rings. The summed E-state index contributed by atoms with van der Waals surface area (Å²) in [4.78, 5) is 7.25. The summed E-state index contributed by atoms with van der Waals surface area (Å²) >= 11 is 0. The number of aliphatic imine (C=N–C) groups is 1. The Morgan fingerprint density at radius 1 is 1.25 bits per heavy atom. The lowest BCUT2D eigenvalue weighted by Crippen LogP contribution is -2.41. The topological polar surface area (TPSA) is 58.1 Å². The van der Waals surface area contributed by atoms with E-state index in [0.717, 1.165) is 64.9 Å². The molecule has 0 amide bonds. The minimum atomic E-state index is 0.540. The van der Waals surface area contributed by atoms with Crippen molar-refractivity contribution in [3.05, 3.63) is 0 Å². The highest BCUT2D eigenvalue weighted by Crippen LogP contribution is 2.16. The molecule has 1 atom stereocenters. The molecule has 1 fully saturated rings. The van der Waals surface area contributed by atoms with E-state index in [0.29, 0.717) is 12.0 Å². The van der Waals surface area contributed by atoms with Crippen LogP contribution in [0.5, 0.6) is 0 Å². The maximum atomic E-state index is 5.64. The molecule has 0 spiro atoms. The number of nitrogens with zero attached hydrogens (tertiary/aromatic N) is 2. The second-order valence-corrected chi connectivity index (χ2v) is 6.77. The van der Waals surface area contributed by atoms with Crippen molar-refractivity contribution in [3.63, 3.8) is 0 Å². The van der Waals surface area contributed by atoms with Gasteiger partial charge in [0.2, 0.25) is 0 Å². The van der Waals surface area contributed by atoms with E-state index in [-0.39, 0.29) is 0 Å². The molecule has 0 aliphatic carbocycles. The fourth-order valence-electron chi connectivity index (χ4n) is 2.81. The summed E-state index contributed by atoms with van der Waals surface area (Å²) in [5.41, 5.74) is 0. The fourth-order valence-corrected chi connectivity index (χ4v) is 2.81. The van der Waals surface area contributed by atoms with Gasteiger partial charge in [-0.15, -0.1) is 0 Å². The summed E-state index contributed by atoms with van der Waals surface area (Å²) in [6, 6.07) is 0.540. The van der Waals surface area contributed by atoms with Crippen molar-refractivity contribution in [3.8, 4) is 0 Å². The largest absolute Gasteiger partial charge is 0.383 e. The zero-order valence-corrected chi connectivity index (χ0v) is 16.1. The van der Waals surface area contributed by atoms with Crippen molar-refractivity contribution in [2.45, 2.75) is 46.1 Å². The van der Waals surface area contributed by atoms with Crippen LogP contribution in [0.3, 0.4) is 0 Å². The predicted molar refractivity (Wildman–Crippen MR) is 101 cm³/mol. The van der Waals surface area contributed by atoms with Crippen LogP contribution in [0.4, 0.5) is 0 Å². The van der Waals surface area contributed by atoms with Crippen molar-refractivity contribution in [2.75, 3.05) is 59.7 Å². The molecule has 0 aromatic carbocycles. The van der Waals surface area contributed by atoms with Gasteiger partial charge in [0.1, 0.15) is 0 Å². The third-order valence-electron chi connectivity index (χ3n) is 4.26. The zero-order chi connectivity index (χ0) is 17.6. The van der Waals surface area contributed by atoms with Crippen molar-refractivity contribution in [2.24, 2.45) is 10.9 Å². The summed E-state index contributed by atoms with van der Waals surface area (Å²) in [6.45, 7) is 13.6. The van der Waals surface area contributed by atoms with Crippen LogP contribution >= 0.6 is 0 Å². The molecule has 0 aromatic heterocycles. The molecule has 0 radical (unpaired) electrons. The molecule has 0 bridgehead atoms. The maximum absolute atomic E-state index is 5.64. The van der Waals surface area contributed by atoms with Gasteiger partial charge in [-0.05, 0) is 38.6 Å². The highest BCUT2D eigenvalue weighted by atomic mass is 16.5. The Morgan fingerprint density at radius 3 is 2.79 bits per heavy atom. The van der Waals surface area contributed by atoms with Crippen LogP contribution < -0.4 is 10.6 Å². The molecular formula is C18H38N4O2. The van der Waals surface area contributed by atoms with Crippen LogP contribution in [0.15, 0.2) is 4.99 Å². The van der Waals surface area contributed by atoms with E-state index >= 15 is 0 Å². The van der Waals surface area contributed by atoms with Gasteiger partial charge in [0.05, 0.1) is 19.8 Å². The summed E-state index contributed by atoms with van der Waals surface area (Å²) in [5.74, 6) is 1.59. The molecule has 1 rings (SSSR count). The highest BCUT2D eigenvalue weighted by Gasteiger charge is 2.23. The molecule has 1 saturated heterocycles. The average Bonchev–Trinajstić information content (AvgIpc) is 3.00. The first-order valence-electron chi connectivity index (χ1n) is 9.50. The standard InChI is InChI=1S/C18H38N4O2/c1-5-19-18(20-9-13-24-12-8-16(2)3)21-15-17-7-6-10-22(17)11-14-23-4/h16-17H,5-15H2,1-4H3,(H2,19,20,21). The number of hydrogen-bond acceptors (Lipinski definition) is 4. The number of guanidine groups is 1. The number of likely N-dealkylation sites (tertiary alicyclic amines) is 1. The molecule has 6 nitrogen and oxygen atoms in total. The van der Waals surface area contributed by atoms with Crippen LogP contribution in [0.2, 0.25) is 0 Å². The van der Waals surface area contributed by atoms with Gasteiger partial charge in [-0.2, -0.15) is 0 Å². The highest BCUT2D eigenvalue weighted by molar-refractivity contribution is 5.79. The monoisotopic (exact) mass is 342 g/mol. The number of nitrogens with one attached hydrogen (secondary N) is 2. The van der Waals surface area contributed by atoms with Gasteiger partial charge >= 0.3 is 0 Å². The molecule has 142 valence electrons. The first-order chi connectivity index (χ1) is 11.7. The van der Waals surface area contributed by atoms with E-state index in [4.69, 9.17) is 14.5 Å². The molecule has 2 N–H and O–H groups in total. The minimum Gasteiger partial charge on any atom is -0.383 e. The lowest BCUT2D eigenvalue weighted by atomic mass is 10.1. The third kappa shape index (κ3) is 9.45. The minimum absolute atomic E-state index is 0.540.